The van der Waals surface area contributed by atoms with Crippen LogP contribution in [0, 0.1) is 6.92 Å². The Morgan fingerprint density at radius 2 is 2.17 bits per heavy atom. The zero-order valence-electron chi connectivity index (χ0n) is 11.0. The highest BCUT2D eigenvalue weighted by Crippen LogP contribution is 2.21. The van der Waals surface area contributed by atoms with Crippen LogP contribution in [0.15, 0.2) is 22.7 Å². The lowest BCUT2D eigenvalue weighted by molar-refractivity contribution is -0.120. The molecular formula is C13H20BrN3O. The topological polar surface area (TPSA) is 58.4 Å². The summed E-state index contributed by atoms with van der Waals surface area (Å²) in [4.78, 5) is 13.6. The average molecular weight is 314 g/mol. The van der Waals surface area contributed by atoms with Crippen molar-refractivity contribution in [1.82, 2.24) is 10.2 Å². The molecule has 1 atom stereocenters. The molecule has 5 heteroatoms. The fourth-order valence-corrected chi connectivity index (χ4v) is 2.00. The summed E-state index contributed by atoms with van der Waals surface area (Å²) in [5.41, 5.74) is 7.47. The first-order valence-corrected chi connectivity index (χ1v) is 6.64. The van der Waals surface area contributed by atoms with Crippen molar-refractivity contribution in [2.24, 2.45) is 5.73 Å². The molecule has 0 heterocycles. The van der Waals surface area contributed by atoms with Gasteiger partial charge in [0.25, 0.3) is 0 Å². The molecule has 3 N–H and O–H groups in total. The third kappa shape index (κ3) is 4.40. The van der Waals surface area contributed by atoms with E-state index in [4.69, 9.17) is 5.73 Å². The van der Waals surface area contributed by atoms with Crippen LogP contribution in [0.5, 0.6) is 0 Å². The van der Waals surface area contributed by atoms with E-state index in [0.717, 1.165) is 22.1 Å². The quantitative estimate of drug-likeness (QED) is 0.835. The summed E-state index contributed by atoms with van der Waals surface area (Å²) in [5.74, 6) is -0.357. The number of halogens is 1. The number of aryl methyl sites for hydroxylation is 1. The van der Waals surface area contributed by atoms with Crippen molar-refractivity contribution in [3.63, 3.8) is 0 Å². The van der Waals surface area contributed by atoms with Crippen molar-refractivity contribution in [2.75, 3.05) is 27.2 Å². The summed E-state index contributed by atoms with van der Waals surface area (Å²) in [6.07, 6.45) is 0. The van der Waals surface area contributed by atoms with Crippen LogP contribution >= 0.6 is 15.9 Å². The highest BCUT2D eigenvalue weighted by molar-refractivity contribution is 9.10. The minimum absolute atomic E-state index is 0.357. The van der Waals surface area contributed by atoms with Gasteiger partial charge >= 0.3 is 0 Å². The SMILES string of the molecule is Cc1ccc(C(NCCN(C)C)C(N)=O)cc1Br. The van der Waals surface area contributed by atoms with Crippen LogP contribution in [-0.4, -0.2) is 38.0 Å². The number of carbonyl (C=O) groups is 1. The number of likely N-dealkylation sites (N-methyl/N-ethyl adjacent to an activating group) is 1. The van der Waals surface area contributed by atoms with Crippen LogP contribution in [0.25, 0.3) is 0 Å². The number of primary amides is 1. The van der Waals surface area contributed by atoms with Crippen molar-refractivity contribution < 1.29 is 4.79 Å². The molecule has 0 saturated heterocycles. The highest BCUT2D eigenvalue weighted by atomic mass is 79.9. The van der Waals surface area contributed by atoms with Crippen molar-refractivity contribution in [1.29, 1.82) is 0 Å². The van der Waals surface area contributed by atoms with Crippen LogP contribution in [-0.2, 0) is 4.79 Å². The minimum atomic E-state index is -0.443. The fourth-order valence-electron chi connectivity index (χ4n) is 1.60. The van der Waals surface area contributed by atoms with Gasteiger partial charge in [0.05, 0.1) is 0 Å². The van der Waals surface area contributed by atoms with E-state index in [1.807, 2.05) is 39.2 Å². The summed E-state index contributed by atoms with van der Waals surface area (Å²) >= 11 is 3.47. The summed E-state index contributed by atoms with van der Waals surface area (Å²) in [7, 11) is 3.98. The van der Waals surface area contributed by atoms with E-state index in [9.17, 15) is 4.79 Å². The Kier molecular flexibility index (Phi) is 5.78. The van der Waals surface area contributed by atoms with E-state index in [1.54, 1.807) is 0 Å². The van der Waals surface area contributed by atoms with Crippen LogP contribution in [0.4, 0.5) is 0 Å². The average Bonchev–Trinajstić information content (AvgIpc) is 2.27. The van der Waals surface area contributed by atoms with Gasteiger partial charge in [0.2, 0.25) is 5.91 Å². The van der Waals surface area contributed by atoms with Crippen LogP contribution in [0.1, 0.15) is 17.2 Å². The zero-order chi connectivity index (χ0) is 13.7. The molecular weight excluding hydrogens is 294 g/mol. The number of amides is 1. The van der Waals surface area contributed by atoms with Gasteiger partial charge in [-0.05, 0) is 38.2 Å². The van der Waals surface area contributed by atoms with Gasteiger partial charge in [0.1, 0.15) is 6.04 Å². The van der Waals surface area contributed by atoms with Gasteiger partial charge in [-0.25, -0.2) is 0 Å². The first-order valence-electron chi connectivity index (χ1n) is 5.85. The third-order valence-corrected chi connectivity index (χ3v) is 3.58. The number of carbonyl (C=O) groups excluding carboxylic acids is 1. The van der Waals surface area contributed by atoms with E-state index in [-0.39, 0.29) is 5.91 Å². The van der Waals surface area contributed by atoms with E-state index >= 15 is 0 Å². The maximum absolute atomic E-state index is 11.5. The monoisotopic (exact) mass is 313 g/mol. The molecule has 1 rings (SSSR count). The predicted octanol–water partition coefficient (Wildman–Crippen LogP) is 1.44. The van der Waals surface area contributed by atoms with Crippen LogP contribution in [0.3, 0.4) is 0 Å². The Hall–Kier alpha value is -0.910. The van der Waals surface area contributed by atoms with Crippen molar-refractivity contribution in [3.05, 3.63) is 33.8 Å². The van der Waals surface area contributed by atoms with Gasteiger partial charge in [-0.3, -0.25) is 4.79 Å². The van der Waals surface area contributed by atoms with Crippen LogP contribution < -0.4 is 11.1 Å². The van der Waals surface area contributed by atoms with Gasteiger partial charge in [-0.15, -0.1) is 0 Å². The predicted molar refractivity (Wildman–Crippen MR) is 77.4 cm³/mol. The van der Waals surface area contributed by atoms with E-state index in [1.165, 1.54) is 0 Å². The van der Waals surface area contributed by atoms with Gasteiger partial charge in [-0.1, -0.05) is 28.1 Å². The first-order chi connectivity index (χ1) is 8.41. The molecule has 0 aliphatic carbocycles. The maximum atomic E-state index is 11.5. The first kappa shape index (κ1) is 15.1. The molecule has 1 aromatic carbocycles. The Morgan fingerprint density at radius 1 is 1.50 bits per heavy atom. The van der Waals surface area contributed by atoms with Gasteiger partial charge in [0.15, 0.2) is 0 Å². The molecule has 0 saturated carbocycles. The fraction of sp³-hybridized carbons (Fsp3) is 0.462. The number of benzene rings is 1. The largest absolute Gasteiger partial charge is 0.368 e. The summed E-state index contributed by atoms with van der Waals surface area (Å²) < 4.78 is 0.987. The molecule has 0 bridgehead atoms. The Balaban J connectivity index is 2.78. The minimum Gasteiger partial charge on any atom is -0.368 e. The molecule has 1 unspecified atom stereocenters. The molecule has 1 amide bonds. The van der Waals surface area contributed by atoms with Crippen molar-refractivity contribution in [2.45, 2.75) is 13.0 Å². The van der Waals surface area contributed by atoms with Crippen LogP contribution in [0.2, 0.25) is 0 Å². The lowest BCUT2D eigenvalue weighted by atomic mass is 10.0. The third-order valence-electron chi connectivity index (χ3n) is 2.72. The number of nitrogens with two attached hydrogens (primary N) is 1. The smallest absolute Gasteiger partial charge is 0.239 e. The number of nitrogens with one attached hydrogen (secondary N) is 1. The normalized spacial score (nSPS) is 12.7. The Morgan fingerprint density at radius 3 is 2.67 bits per heavy atom. The highest BCUT2D eigenvalue weighted by Gasteiger charge is 2.17. The molecule has 0 fully saturated rings. The summed E-state index contributed by atoms with van der Waals surface area (Å²) in [6.45, 7) is 3.58. The maximum Gasteiger partial charge on any atom is 0.239 e. The Bertz CT molecular complexity index is 421. The standard InChI is InChI=1S/C13H20BrN3O/c1-9-4-5-10(8-11(9)14)12(13(15)18)16-6-7-17(2)3/h4-5,8,12,16H,6-7H2,1-3H3,(H2,15,18). The number of hydrogen-bond donors (Lipinski definition) is 2. The van der Waals surface area contributed by atoms with Gasteiger partial charge < -0.3 is 16.0 Å². The molecule has 0 aliphatic rings. The van der Waals surface area contributed by atoms with Gasteiger partial charge in [0, 0.05) is 17.6 Å². The zero-order valence-corrected chi connectivity index (χ0v) is 12.6. The molecule has 1 aromatic rings. The van der Waals surface area contributed by atoms with E-state index in [0.29, 0.717) is 6.54 Å². The number of hydrogen-bond acceptors (Lipinski definition) is 3. The van der Waals surface area contributed by atoms with E-state index < -0.39 is 6.04 Å². The van der Waals surface area contributed by atoms with Gasteiger partial charge in [-0.2, -0.15) is 0 Å². The molecule has 0 aromatic heterocycles. The molecule has 0 radical (unpaired) electrons. The summed E-state index contributed by atoms with van der Waals surface area (Å²) in [5, 5.41) is 3.18. The lowest BCUT2D eigenvalue weighted by Gasteiger charge is -2.18. The second kappa shape index (κ2) is 6.87. The summed E-state index contributed by atoms with van der Waals surface area (Å²) in [6, 6.07) is 5.40. The van der Waals surface area contributed by atoms with Crippen molar-refractivity contribution >= 4 is 21.8 Å². The second-order valence-corrected chi connectivity index (χ2v) is 5.46. The molecule has 0 aliphatic heterocycles. The second-order valence-electron chi connectivity index (χ2n) is 4.60. The molecule has 0 spiro atoms. The number of rotatable bonds is 6. The molecule has 100 valence electrons. The lowest BCUT2D eigenvalue weighted by Crippen LogP contribution is -2.37. The molecule has 18 heavy (non-hydrogen) atoms. The Labute approximate surface area is 117 Å². The van der Waals surface area contributed by atoms with Crippen molar-refractivity contribution in [3.8, 4) is 0 Å². The number of nitrogens with zero attached hydrogens (tertiary/aromatic N) is 1. The van der Waals surface area contributed by atoms with E-state index in [2.05, 4.69) is 26.1 Å². The molecule has 4 nitrogen and oxygen atoms in total.